The van der Waals surface area contributed by atoms with E-state index in [1.54, 1.807) is 13.0 Å². The second-order valence-electron chi connectivity index (χ2n) is 2.31. The summed E-state index contributed by atoms with van der Waals surface area (Å²) >= 11 is 0. The molecule has 12 heavy (non-hydrogen) atoms. The topological polar surface area (TPSA) is 39.2 Å². The van der Waals surface area contributed by atoms with Crippen LogP contribution in [0.2, 0.25) is 0 Å². The molecule has 0 saturated heterocycles. The van der Waals surface area contributed by atoms with Crippen LogP contribution in [0.4, 0.5) is 8.78 Å². The zero-order valence-electron chi connectivity index (χ0n) is 6.46. The van der Waals surface area contributed by atoms with Gasteiger partial charge in [0.25, 0.3) is 6.43 Å². The molecule has 0 radical (unpaired) electrons. The van der Waals surface area contributed by atoms with Crippen molar-refractivity contribution in [1.29, 1.82) is 0 Å². The minimum absolute atomic E-state index is 0. The minimum Gasteiger partial charge on any atom is -0.464 e. The predicted molar refractivity (Wildman–Crippen MR) is 43.6 cm³/mol. The molecule has 1 heterocycles. The van der Waals surface area contributed by atoms with Crippen LogP contribution in [0.15, 0.2) is 16.5 Å². The number of hydrogen-bond acceptors (Lipinski definition) is 2. The predicted octanol–water partition coefficient (Wildman–Crippen LogP) is 2.27. The summed E-state index contributed by atoms with van der Waals surface area (Å²) < 4.78 is 28.8. The van der Waals surface area contributed by atoms with Crippen LogP contribution in [0, 0.1) is 6.92 Å². The Morgan fingerprint density at radius 1 is 1.42 bits per heavy atom. The van der Waals surface area contributed by atoms with Gasteiger partial charge in [0.1, 0.15) is 17.6 Å². The largest absolute Gasteiger partial charge is 0.464 e. The summed E-state index contributed by atoms with van der Waals surface area (Å²) in [6.45, 7) is 1.68. The van der Waals surface area contributed by atoms with Crippen molar-refractivity contribution in [3.8, 4) is 0 Å². The van der Waals surface area contributed by atoms with E-state index >= 15 is 0 Å². The van der Waals surface area contributed by atoms with E-state index in [1.807, 2.05) is 0 Å². The lowest BCUT2D eigenvalue weighted by atomic mass is 10.2. The molecule has 1 aromatic rings. The van der Waals surface area contributed by atoms with Crippen molar-refractivity contribution in [3.63, 3.8) is 0 Å². The van der Waals surface area contributed by atoms with E-state index in [-0.39, 0.29) is 18.2 Å². The molecule has 1 aromatic heterocycles. The zero-order valence-corrected chi connectivity index (χ0v) is 7.28. The number of furan rings is 1. The number of halogens is 3. The molecule has 0 aliphatic heterocycles. The summed E-state index contributed by atoms with van der Waals surface area (Å²) in [7, 11) is 0. The van der Waals surface area contributed by atoms with Gasteiger partial charge in [-0.15, -0.1) is 12.4 Å². The van der Waals surface area contributed by atoms with E-state index in [0.29, 0.717) is 5.76 Å². The minimum atomic E-state index is -2.57. The average molecular weight is 198 g/mol. The number of aryl methyl sites for hydroxylation is 1. The molecule has 2 nitrogen and oxygen atoms in total. The highest BCUT2D eigenvalue weighted by Crippen LogP contribution is 2.19. The molecule has 0 aromatic carbocycles. The smallest absolute Gasteiger partial charge is 0.260 e. The van der Waals surface area contributed by atoms with E-state index in [4.69, 9.17) is 10.2 Å². The van der Waals surface area contributed by atoms with Crippen molar-refractivity contribution >= 4 is 12.4 Å². The maximum atomic E-state index is 11.9. The molecule has 0 amide bonds. The molecule has 0 fully saturated rings. The van der Waals surface area contributed by atoms with Gasteiger partial charge in [-0.1, -0.05) is 0 Å². The van der Waals surface area contributed by atoms with Crippen LogP contribution in [0.5, 0.6) is 0 Å². The van der Waals surface area contributed by atoms with Gasteiger partial charge in [-0.2, -0.15) is 0 Å². The fourth-order valence-corrected chi connectivity index (χ4v) is 0.757. The highest BCUT2D eigenvalue weighted by molar-refractivity contribution is 5.85. The van der Waals surface area contributed by atoms with Crippen molar-refractivity contribution in [2.45, 2.75) is 19.4 Å². The Labute approximate surface area is 75.1 Å². The van der Waals surface area contributed by atoms with Gasteiger partial charge in [-0.05, 0) is 19.1 Å². The van der Waals surface area contributed by atoms with Gasteiger partial charge < -0.3 is 10.2 Å². The zero-order chi connectivity index (χ0) is 8.43. The lowest BCUT2D eigenvalue weighted by Gasteiger charge is -2.05. The summed E-state index contributed by atoms with van der Waals surface area (Å²) in [5.74, 6) is 0.730. The Hall–Kier alpha value is -0.610. The Bertz CT molecular complexity index is 239. The first-order chi connectivity index (χ1) is 5.11. The third-order valence-electron chi connectivity index (χ3n) is 1.36. The monoisotopic (exact) mass is 197 g/mol. The third kappa shape index (κ3) is 2.46. The maximum Gasteiger partial charge on any atom is 0.260 e. The first-order valence-electron chi connectivity index (χ1n) is 3.21. The quantitative estimate of drug-likeness (QED) is 0.790. The first kappa shape index (κ1) is 11.4. The van der Waals surface area contributed by atoms with Gasteiger partial charge in [-0.3, -0.25) is 0 Å². The molecule has 0 bridgehead atoms. The van der Waals surface area contributed by atoms with Crippen LogP contribution in [0.3, 0.4) is 0 Å². The van der Waals surface area contributed by atoms with Crippen LogP contribution in [-0.2, 0) is 0 Å². The number of nitrogens with two attached hydrogens (primary N) is 1. The Morgan fingerprint density at radius 2 is 2.00 bits per heavy atom. The molecule has 1 rings (SSSR count). The summed E-state index contributed by atoms with van der Waals surface area (Å²) in [5, 5.41) is 0. The van der Waals surface area contributed by atoms with E-state index in [9.17, 15) is 8.78 Å². The molecular formula is C7H10ClF2NO. The van der Waals surface area contributed by atoms with Crippen LogP contribution < -0.4 is 5.73 Å². The average Bonchev–Trinajstić information content (AvgIpc) is 2.34. The van der Waals surface area contributed by atoms with Crippen molar-refractivity contribution in [1.82, 2.24) is 0 Å². The van der Waals surface area contributed by atoms with Crippen LogP contribution >= 0.6 is 12.4 Å². The molecule has 1 atom stereocenters. The molecule has 0 aliphatic rings. The Kier molecular flexibility index (Phi) is 4.20. The van der Waals surface area contributed by atoms with Gasteiger partial charge in [0.2, 0.25) is 0 Å². The normalized spacial score (nSPS) is 12.8. The molecule has 0 spiro atoms. The SMILES string of the molecule is Cc1ccc([C@@H](N)C(F)F)o1.Cl. The molecule has 5 heteroatoms. The molecular weight excluding hydrogens is 188 g/mol. The van der Waals surface area contributed by atoms with Crippen molar-refractivity contribution in [2.75, 3.05) is 0 Å². The lowest BCUT2D eigenvalue weighted by molar-refractivity contribution is 0.106. The maximum absolute atomic E-state index is 11.9. The molecule has 0 aliphatic carbocycles. The van der Waals surface area contributed by atoms with E-state index in [0.717, 1.165) is 0 Å². The first-order valence-corrected chi connectivity index (χ1v) is 3.21. The summed E-state index contributed by atoms with van der Waals surface area (Å²) in [6.07, 6.45) is -2.57. The third-order valence-corrected chi connectivity index (χ3v) is 1.36. The van der Waals surface area contributed by atoms with Crippen molar-refractivity contribution in [2.24, 2.45) is 5.73 Å². The Morgan fingerprint density at radius 3 is 2.33 bits per heavy atom. The van der Waals surface area contributed by atoms with Crippen LogP contribution in [-0.4, -0.2) is 6.43 Å². The second-order valence-corrected chi connectivity index (χ2v) is 2.31. The van der Waals surface area contributed by atoms with E-state index in [2.05, 4.69) is 0 Å². The highest BCUT2D eigenvalue weighted by Gasteiger charge is 2.20. The van der Waals surface area contributed by atoms with Gasteiger partial charge in [0, 0.05) is 0 Å². The molecule has 0 saturated carbocycles. The lowest BCUT2D eigenvalue weighted by Crippen LogP contribution is -2.17. The number of rotatable bonds is 2. The van der Waals surface area contributed by atoms with Crippen molar-refractivity contribution in [3.05, 3.63) is 23.7 Å². The summed E-state index contributed by atoms with van der Waals surface area (Å²) in [4.78, 5) is 0. The summed E-state index contributed by atoms with van der Waals surface area (Å²) in [5.41, 5.74) is 5.11. The van der Waals surface area contributed by atoms with E-state index < -0.39 is 12.5 Å². The van der Waals surface area contributed by atoms with Gasteiger partial charge in [0.15, 0.2) is 0 Å². The Balaban J connectivity index is 0.00000121. The van der Waals surface area contributed by atoms with Crippen LogP contribution in [0.25, 0.3) is 0 Å². The fourth-order valence-electron chi connectivity index (χ4n) is 0.757. The van der Waals surface area contributed by atoms with Crippen LogP contribution in [0.1, 0.15) is 17.6 Å². The van der Waals surface area contributed by atoms with Gasteiger partial charge in [-0.25, -0.2) is 8.78 Å². The fraction of sp³-hybridized carbons (Fsp3) is 0.429. The number of hydrogen-bond donors (Lipinski definition) is 1. The molecule has 0 unspecified atom stereocenters. The standard InChI is InChI=1S/C7H9F2NO.ClH/c1-4-2-3-5(11-4)6(10)7(8)9;/h2-3,6-7H,10H2,1H3;1H/t6-;/m1./s1. The summed E-state index contributed by atoms with van der Waals surface area (Å²) in [6, 6.07) is 1.77. The number of alkyl halides is 2. The highest BCUT2D eigenvalue weighted by atomic mass is 35.5. The van der Waals surface area contributed by atoms with Gasteiger partial charge >= 0.3 is 0 Å². The molecule has 70 valence electrons. The molecule has 2 N–H and O–H groups in total. The second kappa shape index (κ2) is 4.42. The van der Waals surface area contributed by atoms with Gasteiger partial charge in [0.05, 0.1) is 0 Å². The van der Waals surface area contributed by atoms with Crippen molar-refractivity contribution < 1.29 is 13.2 Å². The van der Waals surface area contributed by atoms with E-state index in [1.165, 1.54) is 6.07 Å².